The number of nitrogens with zero attached hydrogens (tertiary/aromatic N) is 4. The van der Waals surface area contributed by atoms with E-state index in [2.05, 4.69) is 20.3 Å². The molecule has 9 N–H and O–H groups in total. The van der Waals surface area contributed by atoms with Crippen molar-refractivity contribution in [1.29, 1.82) is 0 Å². The van der Waals surface area contributed by atoms with Gasteiger partial charge in [0.2, 0.25) is 0 Å². The Morgan fingerprint density at radius 3 is 2.47 bits per heavy atom. The topological polar surface area (TPSA) is 183 Å². The van der Waals surface area contributed by atoms with Gasteiger partial charge in [0.25, 0.3) is 0 Å². The zero-order valence-corrected chi connectivity index (χ0v) is 18.6. The van der Waals surface area contributed by atoms with Gasteiger partial charge in [-0.1, -0.05) is 32.1 Å². The van der Waals surface area contributed by atoms with Gasteiger partial charge in [-0.15, -0.1) is 0 Å². The van der Waals surface area contributed by atoms with Crippen LogP contribution in [0.5, 0.6) is 0 Å². The normalized spacial score (nSPS) is 24.4. The molecule has 0 bridgehead atoms. The van der Waals surface area contributed by atoms with E-state index < -0.39 is 24.5 Å². The molecule has 1 fully saturated rings. The van der Waals surface area contributed by atoms with Crippen molar-refractivity contribution >= 4 is 17.0 Å². The van der Waals surface area contributed by atoms with Crippen molar-refractivity contribution in [2.75, 3.05) is 25.4 Å². The van der Waals surface area contributed by atoms with Gasteiger partial charge in [0, 0.05) is 12.6 Å². The van der Waals surface area contributed by atoms with E-state index in [4.69, 9.17) is 21.9 Å². The third-order valence-corrected chi connectivity index (χ3v) is 6.13. The van der Waals surface area contributed by atoms with Crippen LogP contribution in [0.3, 0.4) is 0 Å². The number of aliphatic hydroxyl groups excluding tert-OH is 2. The molecule has 180 valence electrons. The number of hydrogen-bond donors (Lipinski definition) is 6. The second-order valence-corrected chi connectivity index (χ2v) is 8.51. The van der Waals surface area contributed by atoms with Crippen molar-refractivity contribution in [3.63, 3.8) is 0 Å². The highest BCUT2D eigenvalue weighted by molar-refractivity contribution is 5.81. The van der Waals surface area contributed by atoms with E-state index in [1.165, 1.54) is 38.3 Å². The Hall–Kier alpha value is -1.89. The molecule has 2 aromatic rings. The van der Waals surface area contributed by atoms with Gasteiger partial charge in [0.15, 0.2) is 17.7 Å². The quantitative estimate of drug-likeness (QED) is 0.214. The van der Waals surface area contributed by atoms with E-state index in [1.54, 1.807) is 4.57 Å². The number of nitrogens with one attached hydrogen (secondary N) is 1. The van der Waals surface area contributed by atoms with E-state index in [-0.39, 0.29) is 11.9 Å². The van der Waals surface area contributed by atoms with Crippen LogP contribution in [-0.4, -0.2) is 73.7 Å². The first kappa shape index (κ1) is 24.7. The third-order valence-electron chi connectivity index (χ3n) is 6.13. The molecule has 32 heavy (non-hydrogen) atoms. The molecule has 0 spiro atoms. The lowest BCUT2D eigenvalue weighted by Gasteiger charge is -2.22. The summed E-state index contributed by atoms with van der Waals surface area (Å²) < 4.78 is 7.59. The van der Waals surface area contributed by atoms with Crippen LogP contribution in [0.4, 0.5) is 5.82 Å². The Morgan fingerprint density at radius 2 is 1.72 bits per heavy atom. The van der Waals surface area contributed by atoms with Crippen LogP contribution in [0.1, 0.15) is 57.6 Å². The molecule has 0 aromatic carbocycles. The number of nitrogen functional groups attached to an aromatic ring is 1. The first-order valence-electron chi connectivity index (χ1n) is 11.6. The van der Waals surface area contributed by atoms with Crippen molar-refractivity contribution in [1.82, 2.24) is 24.8 Å². The Labute approximate surface area is 188 Å². The number of unbranched alkanes of at least 4 members (excludes halogenated alkanes) is 5. The molecule has 3 rings (SSSR count). The highest BCUT2D eigenvalue weighted by atomic mass is 16.6. The molecule has 1 aliphatic rings. The summed E-state index contributed by atoms with van der Waals surface area (Å²) in [6.07, 6.45) is 8.25. The lowest BCUT2D eigenvalue weighted by molar-refractivity contribution is -0.0348. The van der Waals surface area contributed by atoms with Gasteiger partial charge in [0.05, 0.1) is 6.33 Å². The van der Waals surface area contributed by atoms with Crippen LogP contribution in [-0.2, 0) is 4.74 Å². The van der Waals surface area contributed by atoms with Crippen molar-refractivity contribution in [3.05, 3.63) is 12.7 Å². The Kier molecular flexibility index (Phi) is 9.57. The number of ether oxygens (including phenoxy) is 1. The fourth-order valence-corrected chi connectivity index (χ4v) is 4.26. The maximum atomic E-state index is 10.6. The monoisotopic (exact) mass is 450 g/mol. The molecule has 11 heteroatoms. The fourth-order valence-electron chi connectivity index (χ4n) is 4.26. The van der Waals surface area contributed by atoms with E-state index in [0.29, 0.717) is 24.3 Å². The molecule has 3 heterocycles. The minimum Gasteiger partial charge on any atom is -0.387 e. The minimum absolute atomic E-state index is 0.248. The Balaban J connectivity index is 1.51. The molecule has 1 unspecified atom stereocenters. The molecular weight excluding hydrogens is 412 g/mol. The van der Waals surface area contributed by atoms with Crippen LogP contribution in [0.25, 0.3) is 11.2 Å². The van der Waals surface area contributed by atoms with Gasteiger partial charge >= 0.3 is 0 Å². The van der Waals surface area contributed by atoms with E-state index in [0.717, 1.165) is 32.2 Å². The Bertz CT molecular complexity index is 819. The molecule has 1 saturated heterocycles. The largest absolute Gasteiger partial charge is 0.387 e. The zero-order chi connectivity index (χ0) is 22.9. The van der Waals surface area contributed by atoms with Crippen molar-refractivity contribution in [2.24, 2.45) is 11.5 Å². The number of anilines is 1. The number of rotatable bonds is 14. The average molecular weight is 451 g/mol. The van der Waals surface area contributed by atoms with Crippen LogP contribution in [0.2, 0.25) is 0 Å². The van der Waals surface area contributed by atoms with Crippen molar-refractivity contribution in [2.45, 2.75) is 81.9 Å². The highest BCUT2D eigenvalue weighted by Crippen LogP contribution is 2.31. The van der Waals surface area contributed by atoms with Gasteiger partial charge < -0.3 is 37.5 Å². The molecule has 0 aliphatic carbocycles. The maximum absolute atomic E-state index is 10.6. The standard InChI is InChI=1S/C21H38N8O3/c22-9-6-4-2-1-3-5-7-14(8-10-23)25-11-15-17(30)18(31)21(32-15)29-13-28-16-19(24)26-12-27-20(16)29/h12-15,17-18,21,25,30-31H,1-11,22-23H2,(H2,24,26,27)/t14?,15-,17-,18-,21-/m1/s1. The molecule has 0 radical (unpaired) electrons. The highest BCUT2D eigenvalue weighted by Gasteiger charge is 2.44. The number of nitrogens with two attached hydrogens (primary N) is 3. The molecule has 0 amide bonds. The van der Waals surface area contributed by atoms with Crippen molar-refractivity contribution in [3.8, 4) is 0 Å². The van der Waals surface area contributed by atoms with Gasteiger partial charge in [-0.25, -0.2) is 15.0 Å². The molecule has 5 atom stereocenters. The predicted octanol–water partition coefficient (Wildman–Crippen LogP) is 0.0241. The third kappa shape index (κ3) is 6.12. The van der Waals surface area contributed by atoms with Gasteiger partial charge in [0.1, 0.15) is 30.2 Å². The molecule has 11 nitrogen and oxygen atoms in total. The first-order chi connectivity index (χ1) is 15.6. The SMILES string of the molecule is NCCCCCCCCC(CCN)NC[C@H]1O[C@@H](n2cnc3c(N)ncnc32)[C@H](O)[C@@H]1O. The summed E-state index contributed by atoms with van der Waals surface area (Å²) in [7, 11) is 0. The molecule has 0 saturated carbocycles. The Morgan fingerprint density at radius 1 is 0.969 bits per heavy atom. The van der Waals surface area contributed by atoms with Crippen LogP contribution in [0.15, 0.2) is 12.7 Å². The molecule has 1 aliphatic heterocycles. The van der Waals surface area contributed by atoms with Crippen LogP contribution >= 0.6 is 0 Å². The number of imidazole rings is 1. The van der Waals surface area contributed by atoms with E-state index >= 15 is 0 Å². The van der Waals surface area contributed by atoms with Gasteiger partial charge in [-0.3, -0.25) is 4.57 Å². The summed E-state index contributed by atoms with van der Waals surface area (Å²) in [4.78, 5) is 12.3. The smallest absolute Gasteiger partial charge is 0.167 e. The molecular formula is C21H38N8O3. The zero-order valence-electron chi connectivity index (χ0n) is 18.6. The lowest BCUT2D eigenvalue weighted by atomic mass is 10.0. The second-order valence-electron chi connectivity index (χ2n) is 8.51. The maximum Gasteiger partial charge on any atom is 0.167 e. The van der Waals surface area contributed by atoms with Gasteiger partial charge in [-0.2, -0.15) is 0 Å². The summed E-state index contributed by atoms with van der Waals surface area (Å²) in [5.74, 6) is 0.254. The number of hydrogen-bond acceptors (Lipinski definition) is 10. The summed E-state index contributed by atoms with van der Waals surface area (Å²) in [5.41, 5.74) is 18.1. The summed E-state index contributed by atoms with van der Waals surface area (Å²) in [6, 6.07) is 0.248. The van der Waals surface area contributed by atoms with Crippen LogP contribution in [0, 0.1) is 0 Å². The summed E-state index contributed by atoms with van der Waals surface area (Å²) >= 11 is 0. The summed E-state index contributed by atoms with van der Waals surface area (Å²) in [6.45, 7) is 1.78. The van der Waals surface area contributed by atoms with E-state index in [9.17, 15) is 10.2 Å². The number of aliphatic hydroxyl groups is 2. The number of aromatic nitrogens is 4. The lowest BCUT2D eigenvalue weighted by Crippen LogP contribution is -2.42. The first-order valence-corrected chi connectivity index (χ1v) is 11.6. The predicted molar refractivity (Wildman–Crippen MR) is 122 cm³/mol. The average Bonchev–Trinajstić information content (AvgIpc) is 3.33. The second kappa shape index (κ2) is 12.4. The summed E-state index contributed by atoms with van der Waals surface area (Å²) in [5, 5.41) is 24.7. The fraction of sp³-hybridized carbons (Fsp3) is 0.762. The van der Waals surface area contributed by atoms with E-state index in [1.807, 2.05) is 0 Å². The van der Waals surface area contributed by atoms with Crippen LogP contribution < -0.4 is 22.5 Å². The number of fused-ring (bicyclic) bond motifs is 1. The van der Waals surface area contributed by atoms with Crippen molar-refractivity contribution < 1.29 is 14.9 Å². The molecule has 2 aromatic heterocycles. The van der Waals surface area contributed by atoms with Gasteiger partial charge in [-0.05, 0) is 32.4 Å². The minimum atomic E-state index is -1.11.